The number of amides is 1. The molecule has 0 spiro atoms. The van der Waals surface area contributed by atoms with Gasteiger partial charge in [0.05, 0.1) is 12.2 Å². The molecule has 4 heteroatoms. The Bertz CT molecular complexity index is 804. The van der Waals surface area contributed by atoms with Crippen molar-refractivity contribution in [3.63, 3.8) is 0 Å². The second kappa shape index (κ2) is 9.67. The number of rotatable bonds is 6. The van der Waals surface area contributed by atoms with Gasteiger partial charge in [0.1, 0.15) is 0 Å². The summed E-state index contributed by atoms with van der Waals surface area (Å²) >= 11 is 0. The van der Waals surface area contributed by atoms with Gasteiger partial charge in [0.25, 0.3) is 0 Å². The van der Waals surface area contributed by atoms with E-state index in [2.05, 4.69) is 54.4 Å². The normalized spacial score (nSPS) is 20.4. The average Bonchev–Trinajstić information content (AvgIpc) is 2.65. The van der Waals surface area contributed by atoms with Gasteiger partial charge < -0.3 is 10.1 Å². The van der Waals surface area contributed by atoms with Crippen molar-refractivity contribution in [2.75, 3.05) is 13.1 Å². The lowest BCUT2D eigenvalue weighted by atomic mass is 10.1. The zero-order valence-electron chi connectivity index (χ0n) is 17.0. The molecule has 0 saturated carbocycles. The van der Waals surface area contributed by atoms with Crippen LogP contribution in [0.2, 0.25) is 0 Å². The van der Waals surface area contributed by atoms with Gasteiger partial charge in [0.2, 0.25) is 5.91 Å². The Morgan fingerprint density at radius 1 is 1.11 bits per heavy atom. The van der Waals surface area contributed by atoms with Crippen molar-refractivity contribution in [1.29, 1.82) is 0 Å². The number of hydrogen-bond donors (Lipinski definition) is 1. The maximum Gasteiger partial charge on any atom is 0.244 e. The molecule has 1 saturated heterocycles. The summed E-state index contributed by atoms with van der Waals surface area (Å²) in [6.07, 6.45) is 4.00. The van der Waals surface area contributed by atoms with Crippen LogP contribution >= 0.6 is 0 Å². The second-order valence-corrected chi connectivity index (χ2v) is 7.73. The van der Waals surface area contributed by atoms with Gasteiger partial charge >= 0.3 is 0 Å². The van der Waals surface area contributed by atoms with Crippen LogP contribution in [0.25, 0.3) is 6.08 Å². The number of carbonyl (C=O) groups is 1. The van der Waals surface area contributed by atoms with E-state index in [4.69, 9.17) is 4.74 Å². The van der Waals surface area contributed by atoms with Crippen molar-refractivity contribution >= 4 is 12.0 Å². The van der Waals surface area contributed by atoms with E-state index in [1.807, 2.05) is 31.2 Å². The van der Waals surface area contributed by atoms with Gasteiger partial charge in [-0.2, -0.15) is 0 Å². The van der Waals surface area contributed by atoms with Gasteiger partial charge in [0.15, 0.2) is 0 Å². The van der Waals surface area contributed by atoms with Gasteiger partial charge in [-0.1, -0.05) is 54.1 Å². The van der Waals surface area contributed by atoms with E-state index in [1.54, 1.807) is 6.08 Å². The Hall–Kier alpha value is -2.43. The molecule has 0 aliphatic carbocycles. The highest BCUT2D eigenvalue weighted by atomic mass is 16.5. The van der Waals surface area contributed by atoms with Crippen LogP contribution in [-0.4, -0.2) is 36.1 Å². The van der Waals surface area contributed by atoms with Crippen LogP contribution < -0.4 is 5.32 Å². The van der Waals surface area contributed by atoms with E-state index in [9.17, 15) is 4.79 Å². The summed E-state index contributed by atoms with van der Waals surface area (Å²) in [4.78, 5) is 14.5. The van der Waals surface area contributed by atoms with Crippen molar-refractivity contribution in [2.24, 2.45) is 0 Å². The quantitative estimate of drug-likeness (QED) is 0.775. The highest BCUT2D eigenvalue weighted by Gasteiger charge is 2.21. The third kappa shape index (κ3) is 6.32. The Balaban J connectivity index is 1.47. The fraction of sp³-hybridized carbons (Fsp3) is 0.375. The largest absolute Gasteiger partial charge is 0.373 e. The number of nitrogens with one attached hydrogen (secondary N) is 1. The fourth-order valence-corrected chi connectivity index (χ4v) is 3.63. The number of benzene rings is 2. The first kappa shape index (κ1) is 20.3. The monoisotopic (exact) mass is 378 g/mol. The van der Waals surface area contributed by atoms with E-state index in [1.165, 1.54) is 11.1 Å². The summed E-state index contributed by atoms with van der Waals surface area (Å²) in [5.74, 6) is -0.0816. The Morgan fingerprint density at radius 2 is 1.79 bits per heavy atom. The number of nitrogens with zero attached hydrogens (tertiary/aromatic N) is 1. The molecule has 2 aromatic rings. The van der Waals surface area contributed by atoms with Crippen LogP contribution in [0.5, 0.6) is 0 Å². The summed E-state index contributed by atoms with van der Waals surface area (Å²) in [6.45, 7) is 9.70. The molecule has 0 radical (unpaired) electrons. The molecule has 2 atom stereocenters. The van der Waals surface area contributed by atoms with Crippen LogP contribution in [0, 0.1) is 6.92 Å². The fourth-order valence-electron chi connectivity index (χ4n) is 3.63. The minimum atomic E-state index is -0.0816. The van der Waals surface area contributed by atoms with Gasteiger partial charge in [-0.05, 0) is 43.5 Å². The summed E-state index contributed by atoms with van der Waals surface area (Å²) in [6, 6.07) is 16.6. The molecule has 1 fully saturated rings. The third-order valence-corrected chi connectivity index (χ3v) is 4.86. The topological polar surface area (TPSA) is 41.6 Å². The second-order valence-electron chi connectivity index (χ2n) is 7.73. The number of aryl methyl sites for hydroxylation is 1. The maximum atomic E-state index is 12.0. The summed E-state index contributed by atoms with van der Waals surface area (Å²) in [5, 5.41) is 2.94. The number of ether oxygens (including phenoxy) is 1. The molecule has 2 unspecified atom stereocenters. The molecule has 1 aliphatic rings. The zero-order chi connectivity index (χ0) is 19.9. The van der Waals surface area contributed by atoms with Crippen molar-refractivity contribution in [2.45, 2.75) is 46.1 Å². The van der Waals surface area contributed by atoms with E-state index in [0.717, 1.165) is 30.8 Å². The molecule has 0 aromatic heterocycles. The van der Waals surface area contributed by atoms with E-state index in [0.29, 0.717) is 6.54 Å². The maximum absolute atomic E-state index is 12.0. The molecule has 1 aliphatic heterocycles. The van der Waals surface area contributed by atoms with Gasteiger partial charge in [-0.15, -0.1) is 0 Å². The van der Waals surface area contributed by atoms with Crippen LogP contribution in [0.4, 0.5) is 0 Å². The summed E-state index contributed by atoms with van der Waals surface area (Å²) < 4.78 is 5.79. The highest BCUT2D eigenvalue weighted by molar-refractivity contribution is 5.91. The SMILES string of the molecule is Cc1cccc(/C=C/C(=O)NCc2ccc(CN3CC(C)OC(C)C3)cc2)c1. The zero-order valence-corrected chi connectivity index (χ0v) is 17.0. The standard InChI is InChI=1S/C24H30N2O2/c1-18-5-4-6-21(13-18)11-12-24(27)25-14-22-7-9-23(10-8-22)17-26-15-19(2)28-20(3)16-26/h4-13,19-20H,14-17H2,1-3H3,(H,25,27)/b12-11+. The first-order valence-corrected chi connectivity index (χ1v) is 9.96. The Kier molecular flexibility index (Phi) is 7.01. The lowest BCUT2D eigenvalue weighted by Gasteiger charge is -2.35. The molecule has 1 heterocycles. The predicted molar refractivity (Wildman–Crippen MR) is 114 cm³/mol. The molecular formula is C24H30N2O2. The van der Waals surface area contributed by atoms with Crippen molar-refractivity contribution in [3.05, 3.63) is 76.9 Å². The van der Waals surface area contributed by atoms with Crippen LogP contribution in [0.15, 0.2) is 54.6 Å². The molecular weight excluding hydrogens is 348 g/mol. The van der Waals surface area contributed by atoms with Crippen molar-refractivity contribution in [3.8, 4) is 0 Å². The van der Waals surface area contributed by atoms with E-state index in [-0.39, 0.29) is 18.1 Å². The first-order chi connectivity index (χ1) is 13.5. The van der Waals surface area contributed by atoms with Crippen molar-refractivity contribution in [1.82, 2.24) is 10.2 Å². The number of morpholine rings is 1. The molecule has 1 N–H and O–H groups in total. The third-order valence-electron chi connectivity index (χ3n) is 4.86. The predicted octanol–water partition coefficient (Wildman–Crippen LogP) is 3.93. The summed E-state index contributed by atoms with van der Waals surface area (Å²) in [7, 11) is 0. The van der Waals surface area contributed by atoms with E-state index >= 15 is 0 Å². The average molecular weight is 379 g/mol. The number of carbonyl (C=O) groups excluding carboxylic acids is 1. The Labute approximate surface area is 168 Å². The lowest BCUT2D eigenvalue weighted by molar-refractivity contribution is -0.116. The molecule has 1 amide bonds. The van der Waals surface area contributed by atoms with Crippen LogP contribution in [0.1, 0.15) is 36.1 Å². The molecule has 2 aromatic carbocycles. The van der Waals surface area contributed by atoms with Crippen molar-refractivity contribution < 1.29 is 9.53 Å². The first-order valence-electron chi connectivity index (χ1n) is 9.96. The molecule has 4 nitrogen and oxygen atoms in total. The molecule has 148 valence electrons. The molecule has 28 heavy (non-hydrogen) atoms. The van der Waals surface area contributed by atoms with Crippen LogP contribution in [0.3, 0.4) is 0 Å². The van der Waals surface area contributed by atoms with Gasteiger partial charge in [-0.3, -0.25) is 9.69 Å². The molecule has 0 bridgehead atoms. The Morgan fingerprint density at radius 3 is 2.46 bits per heavy atom. The number of hydrogen-bond acceptors (Lipinski definition) is 3. The minimum absolute atomic E-state index is 0.0816. The van der Waals surface area contributed by atoms with Gasteiger partial charge in [0, 0.05) is 32.3 Å². The lowest BCUT2D eigenvalue weighted by Crippen LogP contribution is -2.44. The van der Waals surface area contributed by atoms with E-state index < -0.39 is 0 Å². The van der Waals surface area contributed by atoms with Crippen LogP contribution in [-0.2, 0) is 22.6 Å². The molecule has 3 rings (SSSR count). The smallest absolute Gasteiger partial charge is 0.244 e. The van der Waals surface area contributed by atoms with Gasteiger partial charge in [-0.25, -0.2) is 0 Å². The minimum Gasteiger partial charge on any atom is -0.373 e. The summed E-state index contributed by atoms with van der Waals surface area (Å²) in [5.41, 5.74) is 4.61. The highest BCUT2D eigenvalue weighted by Crippen LogP contribution is 2.15.